The van der Waals surface area contributed by atoms with E-state index in [2.05, 4.69) is 31.3 Å². The Morgan fingerprint density at radius 3 is 2.79 bits per heavy atom. The molecule has 1 unspecified atom stereocenters. The highest BCUT2D eigenvalue weighted by molar-refractivity contribution is 5.30. The molecule has 0 amide bonds. The lowest BCUT2D eigenvalue weighted by Crippen LogP contribution is -2.50. The second kappa shape index (κ2) is 6.40. The zero-order valence-electron chi connectivity index (χ0n) is 12.2. The summed E-state index contributed by atoms with van der Waals surface area (Å²) in [5, 5.41) is 3.51. The molecule has 3 heteroatoms. The van der Waals surface area contributed by atoms with Crippen molar-refractivity contribution in [3.8, 4) is 5.75 Å². The first-order valence-electron chi connectivity index (χ1n) is 7.34. The SMILES string of the molecule is CCOc1cccc(C2CNCC(CC)(CC)O2)c1. The monoisotopic (exact) mass is 263 g/mol. The van der Waals surface area contributed by atoms with Crippen molar-refractivity contribution >= 4 is 0 Å². The van der Waals surface area contributed by atoms with Gasteiger partial charge < -0.3 is 14.8 Å². The van der Waals surface area contributed by atoms with Crippen LogP contribution in [0, 0.1) is 0 Å². The maximum Gasteiger partial charge on any atom is 0.119 e. The highest BCUT2D eigenvalue weighted by atomic mass is 16.5. The molecule has 2 rings (SSSR count). The fraction of sp³-hybridized carbons (Fsp3) is 0.625. The van der Waals surface area contributed by atoms with Crippen molar-refractivity contribution in [1.82, 2.24) is 5.32 Å². The summed E-state index contributed by atoms with van der Waals surface area (Å²) in [4.78, 5) is 0. The third kappa shape index (κ3) is 3.28. The van der Waals surface area contributed by atoms with E-state index in [1.165, 1.54) is 5.56 Å². The molecular weight excluding hydrogens is 238 g/mol. The Morgan fingerprint density at radius 1 is 1.32 bits per heavy atom. The van der Waals surface area contributed by atoms with E-state index in [-0.39, 0.29) is 11.7 Å². The molecular formula is C16H25NO2. The molecule has 1 aromatic rings. The van der Waals surface area contributed by atoms with E-state index < -0.39 is 0 Å². The van der Waals surface area contributed by atoms with E-state index in [9.17, 15) is 0 Å². The lowest BCUT2D eigenvalue weighted by molar-refractivity contribution is -0.122. The van der Waals surface area contributed by atoms with Crippen LogP contribution in [0.15, 0.2) is 24.3 Å². The number of nitrogens with one attached hydrogen (secondary N) is 1. The minimum absolute atomic E-state index is 0.0233. The van der Waals surface area contributed by atoms with Gasteiger partial charge in [-0.3, -0.25) is 0 Å². The Kier molecular flexibility index (Phi) is 4.83. The predicted molar refractivity (Wildman–Crippen MR) is 77.6 cm³/mol. The topological polar surface area (TPSA) is 30.5 Å². The maximum absolute atomic E-state index is 6.37. The first-order chi connectivity index (χ1) is 9.23. The Hall–Kier alpha value is -1.06. The summed E-state index contributed by atoms with van der Waals surface area (Å²) >= 11 is 0. The van der Waals surface area contributed by atoms with E-state index in [0.717, 1.165) is 31.7 Å². The van der Waals surface area contributed by atoms with Crippen molar-refractivity contribution < 1.29 is 9.47 Å². The van der Waals surface area contributed by atoms with E-state index in [0.29, 0.717) is 6.61 Å². The third-order valence-corrected chi connectivity index (χ3v) is 4.00. The molecule has 1 heterocycles. The van der Waals surface area contributed by atoms with E-state index in [4.69, 9.17) is 9.47 Å². The van der Waals surface area contributed by atoms with Crippen LogP contribution in [-0.4, -0.2) is 25.3 Å². The Morgan fingerprint density at radius 2 is 2.11 bits per heavy atom. The average Bonchev–Trinajstić information content (AvgIpc) is 2.48. The van der Waals surface area contributed by atoms with Crippen LogP contribution < -0.4 is 10.1 Å². The first kappa shape index (κ1) is 14.4. The summed E-state index contributed by atoms with van der Waals surface area (Å²) in [7, 11) is 0. The molecule has 0 bridgehead atoms. The zero-order valence-corrected chi connectivity index (χ0v) is 12.2. The summed E-state index contributed by atoms with van der Waals surface area (Å²) in [5.41, 5.74) is 1.18. The van der Waals surface area contributed by atoms with Gasteiger partial charge in [-0.1, -0.05) is 26.0 Å². The van der Waals surface area contributed by atoms with Crippen LogP contribution in [0.25, 0.3) is 0 Å². The second-order valence-electron chi connectivity index (χ2n) is 5.13. The lowest BCUT2D eigenvalue weighted by atomic mass is 9.93. The maximum atomic E-state index is 6.37. The van der Waals surface area contributed by atoms with Crippen molar-refractivity contribution in [3.63, 3.8) is 0 Å². The van der Waals surface area contributed by atoms with Crippen molar-refractivity contribution in [3.05, 3.63) is 29.8 Å². The molecule has 1 N–H and O–H groups in total. The Labute approximate surface area is 116 Å². The van der Waals surface area contributed by atoms with Gasteiger partial charge in [-0.05, 0) is 37.5 Å². The normalized spacial score (nSPS) is 22.2. The highest BCUT2D eigenvalue weighted by Gasteiger charge is 2.34. The van der Waals surface area contributed by atoms with Crippen molar-refractivity contribution in [2.45, 2.75) is 45.3 Å². The van der Waals surface area contributed by atoms with Crippen LogP contribution in [0.2, 0.25) is 0 Å². The van der Waals surface area contributed by atoms with E-state index in [1.54, 1.807) is 0 Å². The molecule has 1 atom stereocenters. The zero-order chi connectivity index (χ0) is 13.7. The molecule has 0 spiro atoms. The molecule has 3 nitrogen and oxygen atoms in total. The summed E-state index contributed by atoms with van der Waals surface area (Å²) in [6.45, 7) is 8.92. The largest absolute Gasteiger partial charge is 0.494 e. The molecule has 1 aliphatic rings. The van der Waals surface area contributed by atoms with Gasteiger partial charge in [-0.15, -0.1) is 0 Å². The van der Waals surface area contributed by atoms with Gasteiger partial charge in [0.15, 0.2) is 0 Å². The van der Waals surface area contributed by atoms with Gasteiger partial charge >= 0.3 is 0 Å². The fourth-order valence-electron chi connectivity index (χ4n) is 2.64. The molecule has 0 aliphatic carbocycles. The standard InChI is InChI=1S/C16H25NO2/c1-4-16(5-2)12-17-11-15(19-16)13-8-7-9-14(10-13)18-6-3/h7-10,15,17H,4-6,11-12H2,1-3H3. The van der Waals surface area contributed by atoms with Crippen LogP contribution in [0.3, 0.4) is 0 Å². The van der Waals surface area contributed by atoms with E-state index in [1.807, 2.05) is 19.1 Å². The quantitative estimate of drug-likeness (QED) is 0.884. The highest BCUT2D eigenvalue weighted by Crippen LogP contribution is 2.32. The van der Waals surface area contributed by atoms with Gasteiger partial charge in [0.1, 0.15) is 5.75 Å². The second-order valence-corrected chi connectivity index (χ2v) is 5.13. The molecule has 1 aliphatic heterocycles. The van der Waals surface area contributed by atoms with Crippen molar-refractivity contribution in [2.24, 2.45) is 0 Å². The Bertz CT molecular complexity index is 401. The van der Waals surface area contributed by atoms with Crippen LogP contribution in [0.4, 0.5) is 0 Å². The van der Waals surface area contributed by atoms with Crippen molar-refractivity contribution in [1.29, 1.82) is 0 Å². The van der Waals surface area contributed by atoms with Crippen LogP contribution in [-0.2, 0) is 4.74 Å². The van der Waals surface area contributed by atoms with Gasteiger partial charge in [-0.2, -0.15) is 0 Å². The van der Waals surface area contributed by atoms with Crippen LogP contribution in [0.5, 0.6) is 5.75 Å². The van der Waals surface area contributed by atoms with Gasteiger partial charge in [-0.25, -0.2) is 0 Å². The number of rotatable bonds is 5. The first-order valence-corrected chi connectivity index (χ1v) is 7.34. The molecule has 106 valence electrons. The third-order valence-electron chi connectivity index (χ3n) is 4.00. The Balaban J connectivity index is 2.14. The summed E-state index contributed by atoms with van der Waals surface area (Å²) in [6.07, 6.45) is 2.20. The van der Waals surface area contributed by atoms with Crippen molar-refractivity contribution in [2.75, 3.05) is 19.7 Å². The van der Waals surface area contributed by atoms with Gasteiger partial charge in [0.2, 0.25) is 0 Å². The van der Waals surface area contributed by atoms with Crippen LogP contribution >= 0.6 is 0 Å². The van der Waals surface area contributed by atoms with Gasteiger partial charge in [0.25, 0.3) is 0 Å². The lowest BCUT2D eigenvalue weighted by Gasteiger charge is -2.41. The molecule has 0 aromatic heterocycles. The summed E-state index contributed by atoms with van der Waals surface area (Å²) < 4.78 is 11.9. The predicted octanol–water partition coefficient (Wildman–Crippen LogP) is 3.31. The number of hydrogen-bond acceptors (Lipinski definition) is 3. The number of ether oxygens (including phenoxy) is 2. The smallest absolute Gasteiger partial charge is 0.119 e. The van der Waals surface area contributed by atoms with Crippen LogP contribution in [0.1, 0.15) is 45.3 Å². The minimum atomic E-state index is -0.0233. The number of hydrogen-bond donors (Lipinski definition) is 1. The van der Waals surface area contributed by atoms with Gasteiger partial charge in [0, 0.05) is 13.1 Å². The molecule has 1 aromatic carbocycles. The van der Waals surface area contributed by atoms with E-state index >= 15 is 0 Å². The molecule has 1 fully saturated rings. The average molecular weight is 263 g/mol. The summed E-state index contributed by atoms with van der Waals surface area (Å²) in [6, 6.07) is 8.25. The summed E-state index contributed by atoms with van der Waals surface area (Å²) in [5.74, 6) is 0.924. The number of morpholine rings is 1. The number of benzene rings is 1. The molecule has 0 radical (unpaired) electrons. The molecule has 19 heavy (non-hydrogen) atoms. The molecule has 0 saturated carbocycles. The minimum Gasteiger partial charge on any atom is -0.494 e. The molecule has 1 saturated heterocycles. The fourth-order valence-corrected chi connectivity index (χ4v) is 2.64. The van der Waals surface area contributed by atoms with Gasteiger partial charge in [0.05, 0.1) is 18.3 Å².